The fraction of sp³-hybridized carbons (Fsp3) is 0.500. The summed E-state index contributed by atoms with van der Waals surface area (Å²) in [4.78, 5) is 13.7. The molecule has 1 atom stereocenters. The molecule has 0 radical (unpaired) electrons. The molecule has 1 aliphatic heterocycles. The third-order valence-corrected chi connectivity index (χ3v) is 6.25. The summed E-state index contributed by atoms with van der Waals surface area (Å²) in [5, 5.41) is 0.496. The summed E-state index contributed by atoms with van der Waals surface area (Å²) in [7, 11) is -3.65. The van der Waals surface area contributed by atoms with Gasteiger partial charge in [0.2, 0.25) is 15.9 Å². The van der Waals surface area contributed by atoms with Gasteiger partial charge >= 0.3 is 0 Å². The molecule has 2 N–H and O–H groups in total. The SMILES string of the molecule is CC(N)CC(=O)N1CCN(S(=O)(=O)c2ccc(Cl)c(Cl)c2)CC1.Cl. The van der Waals surface area contributed by atoms with Gasteiger partial charge in [-0.25, -0.2) is 8.42 Å². The van der Waals surface area contributed by atoms with Gasteiger partial charge in [0, 0.05) is 38.6 Å². The Morgan fingerprint density at radius 2 is 1.79 bits per heavy atom. The van der Waals surface area contributed by atoms with Crippen molar-refractivity contribution >= 4 is 51.5 Å². The summed E-state index contributed by atoms with van der Waals surface area (Å²) in [6, 6.07) is 4.02. The van der Waals surface area contributed by atoms with Crippen LogP contribution in [0.4, 0.5) is 0 Å². The number of benzene rings is 1. The Morgan fingerprint density at radius 1 is 1.21 bits per heavy atom. The first-order valence-electron chi connectivity index (χ1n) is 7.20. The largest absolute Gasteiger partial charge is 0.340 e. The monoisotopic (exact) mass is 415 g/mol. The number of halogens is 3. The van der Waals surface area contributed by atoms with E-state index in [4.69, 9.17) is 28.9 Å². The van der Waals surface area contributed by atoms with Gasteiger partial charge in [-0.2, -0.15) is 4.31 Å². The second kappa shape index (κ2) is 8.69. The molecule has 1 aliphatic rings. The molecule has 1 heterocycles. The molecular weight excluding hydrogens is 397 g/mol. The van der Waals surface area contributed by atoms with Crippen molar-refractivity contribution in [3.05, 3.63) is 28.2 Å². The maximum absolute atomic E-state index is 12.6. The summed E-state index contributed by atoms with van der Waals surface area (Å²) < 4.78 is 26.6. The zero-order chi connectivity index (χ0) is 17.2. The quantitative estimate of drug-likeness (QED) is 0.813. The number of carbonyl (C=O) groups excluding carboxylic acids is 1. The summed E-state index contributed by atoms with van der Waals surface area (Å²) in [5.41, 5.74) is 5.62. The van der Waals surface area contributed by atoms with Crippen molar-refractivity contribution in [2.24, 2.45) is 5.73 Å². The van der Waals surface area contributed by atoms with Gasteiger partial charge in [0.05, 0.1) is 14.9 Å². The second-order valence-corrected chi connectivity index (χ2v) is 8.29. The van der Waals surface area contributed by atoms with Gasteiger partial charge in [-0.1, -0.05) is 23.2 Å². The Bertz CT molecular complexity index is 690. The fourth-order valence-corrected chi connectivity index (χ4v) is 4.18. The van der Waals surface area contributed by atoms with Gasteiger partial charge < -0.3 is 10.6 Å². The molecule has 6 nitrogen and oxygen atoms in total. The molecule has 2 rings (SSSR count). The lowest BCUT2D eigenvalue weighted by Crippen LogP contribution is -2.51. The van der Waals surface area contributed by atoms with Crippen molar-refractivity contribution in [2.75, 3.05) is 26.2 Å². The number of hydrogen-bond donors (Lipinski definition) is 1. The molecule has 1 aromatic carbocycles. The van der Waals surface area contributed by atoms with E-state index in [0.717, 1.165) is 0 Å². The van der Waals surface area contributed by atoms with E-state index in [0.29, 0.717) is 18.1 Å². The first-order valence-corrected chi connectivity index (χ1v) is 9.40. The van der Waals surface area contributed by atoms with Crippen LogP contribution in [0, 0.1) is 0 Å². The minimum atomic E-state index is -3.65. The Kier molecular flexibility index (Phi) is 7.77. The van der Waals surface area contributed by atoms with E-state index >= 15 is 0 Å². The van der Waals surface area contributed by atoms with Crippen LogP contribution in [0.2, 0.25) is 10.0 Å². The molecule has 1 saturated heterocycles. The molecule has 10 heteroatoms. The molecule has 1 amide bonds. The van der Waals surface area contributed by atoms with Gasteiger partial charge in [0.15, 0.2) is 0 Å². The molecule has 1 fully saturated rings. The van der Waals surface area contributed by atoms with E-state index < -0.39 is 10.0 Å². The maximum Gasteiger partial charge on any atom is 0.243 e. The van der Waals surface area contributed by atoms with Crippen LogP contribution in [0.25, 0.3) is 0 Å². The average Bonchev–Trinajstić information content (AvgIpc) is 2.49. The Labute approximate surface area is 158 Å². The van der Waals surface area contributed by atoms with Gasteiger partial charge in [-0.3, -0.25) is 4.79 Å². The molecule has 0 spiro atoms. The lowest BCUT2D eigenvalue weighted by Gasteiger charge is -2.34. The number of hydrogen-bond acceptors (Lipinski definition) is 4. The van der Waals surface area contributed by atoms with Crippen molar-refractivity contribution in [1.82, 2.24) is 9.21 Å². The zero-order valence-electron chi connectivity index (χ0n) is 13.1. The maximum atomic E-state index is 12.6. The fourth-order valence-electron chi connectivity index (χ4n) is 2.37. The van der Waals surface area contributed by atoms with Crippen molar-refractivity contribution in [1.29, 1.82) is 0 Å². The van der Waals surface area contributed by atoms with Gasteiger partial charge in [-0.05, 0) is 25.1 Å². The van der Waals surface area contributed by atoms with Crippen molar-refractivity contribution in [2.45, 2.75) is 24.3 Å². The number of amides is 1. The summed E-state index contributed by atoms with van der Waals surface area (Å²) in [5.74, 6) is -0.0495. The molecule has 24 heavy (non-hydrogen) atoms. The highest BCUT2D eigenvalue weighted by molar-refractivity contribution is 7.89. The number of nitrogens with zero attached hydrogens (tertiary/aromatic N) is 2. The Morgan fingerprint density at radius 3 is 2.29 bits per heavy atom. The highest BCUT2D eigenvalue weighted by Crippen LogP contribution is 2.27. The van der Waals surface area contributed by atoms with E-state index in [1.54, 1.807) is 11.8 Å². The number of rotatable bonds is 4. The van der Waals surface area contributed by atoms with Gasteiger partial charge in [0.1, 0.15) is 0 Å². The van der Waals surface area contributed by atoms with Crippen LogP contribution in [-0.4, -0.2) is 55.8 Å². The smallest absolute Gasteiger partial charge is 0.243 e. The van der Waals surface area contributed by atoms with Gasteiger partial charge in [-0.15, -0.1) is 12.4 Å². The zero-order valence-corrected chi connectivity index (χ0v) is 16.3. The van der Waals surface area contributed by atoms with Crippen LogP contribution in [0.3, 0.4) is 0 Å². The number of nitrogens with two attached hydrogens (primary N) is 1. The van der Waals surface area contributed by atoms with Crippen LogP contribution in [0.1, 0.15) is 13.3 Å². The highest BCUT2D eigenvalue weighted by atomic mass is 35.5. The molecule has 0 saturated carbocycles. The third kappa shape index (κ3) is 4.97. The predicted octanol–water partition coefficient (Wildman–Crippen LogP) is 1.99. The van der Waals surface area contributed by atoms with Crippen LogP contribution in [0.15, 0.2) is 23.1 Å². The van der Waals surface area contributed by atoms with Crippen LogP contribution < -0.4 is 5.73 Å². The Hall–Kier alpha value is -0.570. The number of piperazine rings is 1. The standard InChI is InChI=1S/C14H19Cl2N3O3S.ClH/c1-10(17)8-14(20)18-4-6-19(7-5-18)23(21,22)11-2-3-12(15)13(16)9-11;/h2-3,9-10H,4-8,17H2,1H3;1H. The van der Waals surface area contributed by atoms with Crippen molar-refractivity contribution < 1.29 is 13.2 Å². The first-order chi connectivity index (χ1) is 10.7. The second-order valence-electron chi connectivity index (χ2n) is 5.54. The van der Waals surface area contributed by atoms with Crippen molar-refractivity contribution in [3.63, 3.8) is 0 Å². The molecule has 0 aromatic heterocycles. The number of sulfonamides is 1. The van der Waals surface area contributed by atoms with Crippen LogP contribution in [-0.2, 0) is 14.8 Å². The summed E-state index contributed by atoms with van der Waals surface area (Å²) in [6.45, 7) is 2.96. The normalized spacial score (nSPS) is 17.2. The summed E-state index contributed by atoms with van der Waals surface area (Å²) in [6.07, 6.45) is 0.263. The minimum absolute atomic E-state index is 0. The van der Waals surface area contributed by atoms with Crippen molar-refractivity contribution in [3.8, 4) is 0 Å². The molecule has 1 unspecified atom stereocenters. The topological polar surface area (TPSA) is 83.7 Å². The lowest BCUT2D eigenvalue weighted by atomic mass is 10.2. The molecule has 136 valence electrons. The highest BCUT2D eigenvalue weighted by Gasteiger charge is 2.30. The predicted molar refractivity (Wildman–Crippen MR) is 97.3 cm³/mol. The minimum Gasteiger partial charge on any atom is -0.340 e. The van der Waals surface area contributed by atoms with Crippen LogP contribution in [0.5, 0.6) is 0 Å². The molecule has 0 bridgehead atoms. The van der Waals surface area contributed by atoms with E-state index in [9.17, 15) is 13.2 Å². The molecule has 1 aromatic rings. The lowest BCUT2D eigenvalue weighted by molar-refractivity contribution is -0.132. The van der Waals surface area contributed by atoms with E-state index in [1.165, 1.54) is 22.5 Å². The molecular formula is C14H20Cl3N3O3S. The molecule has 0 aliphatic carbocycles. The van der Waals surface area contributed by atoms with E-state index in [-0.39, 0.29) is 53.8 Å². The van der Waals surface area contributed by atoms with E-state index in [1.807, 2.05) is 0 Å². The van der Waals surface area contributed by atoms with Crippen LogP contribution >= 0.6 is 35.6 Å². The van der Waals surface area contributed by atoms with Gasteiger partial charge in [0.25, 0.3) is 0 Å². The average molecular weight is 417 g/mol. The first kappa shape index (κ1) is 21.5. The summed E-state index contributed by atoms with van der Waals surface area (Å²) >= 11 is 11.7. The van der Waals surface area contributed by atoms with E-state index in [2.05, 4.69) is 0 Å². The number of carbonyl (C=O) groups is 1. The third-order valence-electron chi connectivity index (χ3n) is 3.62. The Balaban J connectivity index is 0.00000288.